The number of carbonyl (C=O) groups excluding carboxylic acids is 2. The molecule has 30 heavy (non-hydrogen) atoms. The Morgan fingerprint density at radius 3 is 2.33 bits per heavy atom. The molecule has 0 amide bonds. The monoisotopic (exact) mass is 442 g/mol. The lowest BCUT2D eigenvalue weighted by Crippen LogP contribution is -2.38. The van der Waals surface area contributed by atoms with E-state index in [2.05, 4.69) is 9.72 Å². The van der Waals surface area contributed by atoms with Crippen molar-refractivity contribution < 1.29 is 32.2 Å². The molecule has 6 nitrogen and oxygen atoms in total. The molecule has 0 atom stereocenters. The molecule has 1 fully saturated rings. The fourth-order valence-electron chi connectivity index (χ4n) is 3.12. The van der Waals surface area contributed by atoms with Gasteiger partial charge in [-0.05, 0) is 43.2 Å². The summed E-state index contributed by atoms with van der Waals surface area (Å²) in [6.45, 7) is 0.804. The van der Waals surface area contributed by atoms with Crippen molar-refractivity contribution in [2.45, 2.75) is 19.0 Å². The number of halogens is 4. The summed E-state index contributed by atoms with van der Waals surface area (Å²) in [6.07, 6.45) is -2.88. The van der Waals surface area contributed by atoms with Crippen molar-refractivity contribution in [3.8, 4) is 5.75 Å². The molecule has 0 bridgehead atoms. The zero-order valence-electron chi connectivity index (χ0n) is 15.9. The van der Waals surface area contributed by atoms with Crippen LogP contribution in [0, 0.1) is 5.92 Å². The Labute approximate surface area is 175 Å². The van der Waals surface area contributed by atoms with Crippen LogP contribution in [-0.4, -0.2) is 37.1 Å². The molecule has 1 aromatic carbocycles. The molecule has 0 spiro atoms. The lowest BCUT2D eigenvalue weighted by Gasteiger charge is -2.32. The molecule has 0 radical (unpaired) electrons. The maximum absolute atomic E-state index is 12.8. The van der Waals surface area contributed by atoms with Crippen LogP contribution in [0.15, 0.2) is 36.5 Å². The number of alkyl halides is 3. The second kappa shape index (κ2) is 8.91. The van der Waals surface area contributed by atoms with E-state index in [9.17, 15) is 22.8 Å². The SMILES string of the molecule is COC(=O)c1ccc(OC(=O)C2CCN(c3ncc(C(F)(F)F)cc3Cl)CC2)cc1. The van der Waals surface area contributed by atoms with Gasteiger partial charge in [-0.1, -0.05) is 11.6 Å². The van der Waals surface area contributed by atoms with Gasteiger partial charge < -0.3 is 14.4 Å². The van der Waals surface area contributed by atoms with Crippen LogP contribution in [0.2, 0.25) is 5.02 Å². The van der Waals surface area contributed by atoms with Crippen LogP contribution in [0.3, 0.4) is 0 Å². The molecule has 1 aromatic heterocycles. The number of hydrogen-bond donors (Lipinski definition) is 0. The third-order valence-electron chi connectivity index (χ3n) is 4.77. The van der Waals surface area contributed by atoms with Gasteiger partial charge in [0.1, 0.15) is 11.6 Å². The molecule has 1 aliphatic rings. The summed E-state index contributed by atoms with van der Waals surface area (Å²) in [5.41, 5.74) is -0.570. The van der Waals surface area contributed by atoms with Gasteiger partial charge in [0.15, 0.2) is 0 Å². The first-order valence-corrected chi connectivity index (χ1v) is 9.44. The summed E-state index contributed by atoms with van der Waals surface area (Å²) in [5, 5.41) is -0.0865. The van der Waals surface area contributed by atoms with Gasteiger partial charge in [0.25, 0.3) is 0 Å². The van der Waals surface area contributed by atoms with Gasteiger partial charge >= 0.3 is 18.1 Å². The minimum atomic E-state index is -4.51. The van der Waals surface area contributed by atoms with Crippen LogP contribution in [0.4, 0.5) is 19.0 Å². The topological polar surface area (TPSA) is 68.7 Å². The number of methoxy groups -OCH3 is 1. The van der Waals surface area contributed by atoms with Crippen LogP contribution in [-0.2, 0) is 15.7 Å². The Balaban J connectivity index is 1.57. The van der Waals surface area contributed by atoms with Crippen LogP contribution < -0.4 is 9.64 Å². The highest BCUT2D eigenvalue weighted by Gasteiger charge is 2.33. The van der Waals surface area contributed by atoms with E-state index >= 15 is 0 Å². The number of ether oxygens (including phenoxy) is 2. The van der Waals surface area contributed by atoms with Crippen molar-refractivity contribution in [2.24, 2.45) is 5.92 Å². The number of piperidine rings is 1. The summed E-state index contributed by atoms with van der Waals surface area (Å²) < 4.78 is 48.2. The Morgan fingerprint density at radius 1 is 1.17 bits per heavy atom. The second-order valence-corrected chi connectivity index (χ2v) is 7.13. The molecule has 1 aliphatic heterocycles. The number of nitrogens with zero attached hydrogens (tertiary/aromatic N) is 2. The zero-order valence-corrected chi connectivity index (χ0v) is 16.7. The van der Waals surface area contributed by atoms with Crippen molar-refractivity contribution in [1.82, 2.24) is 4.98 Å². The Morgan fingerprint density at radius 2 is 1.80 bits per heavy atom. The third kappa shape index (κ3) is 5.02. The van der Waals surface area contributed by atoms with Crippen molar-refractivity contribution >= 4 is 29.4 Å². The van der Waals surface area contributed by atoms with E-state index in [-0.39, 0.29) is 16.8 Å². The minimum Gasteiger partial charge on any atom is -0.465 e. The second-order valence-electron chi connectivity index (χ2n) is 6.73. The molecule has 2 heterocycles. The summed E-state index contributed by atoms with van der Waals surface area (Å²) in [7, 11) is 1.27. The highest BCUT2D eigenvalue weighted by molar-refractivity contribution is 6.33. The highest BCUT2D eigenvalue weighted by Crippen LogP contribution is 2.34. The molecule has 0 N–H and O–H groups in total. The van der Waals surface area contributed by atoms with Gasteiger partial charge in [-0.3, -0.25) is 4.79 Å². The van der Waals surface area contributed by atoms with Gasteiger partial charge in [0.2, 0.25) is 0 Å². The fourth-order valence-corrected chi connectivity index (χ4v) is 3.41. The normalized spacial score (nSPS) is 15.0. The summed E-state index contributed by atoms with van der Waals surface area (Å²) in [4.78, 5) is 29.4. The molecule has 2 aromatic rings. The van der Waals surface area contributed by atoms with E-state index in [1.165, 1.54) is 31.4 Å². The molecule has 0 saturated carbocycles. The molecular formula is C20H18ClF3N2O4. The van der Waals surface area contributed by atoms with Crippen molar-refractivity contribution in [1.29, 1.82) is 0 Å². The van der Waals surface area contributed by atoms with Gasteiger partial charge in [-0.2, -0.15) is 13.2 Å². The molecule has 3 rings (SSSR count). The molecule has 1 saturated heterocycles. The third-order valence-corrected chi connectivity index (χ3v) is 5.05. The maximum Gasteiger partial charge on any atom is 0.417 e. The van der Waals surface area contributed by atoms with Crippen LogP contribution in [0.5, 0.6) is 5.75 Å². The van der Waals surface area contributed by atoms with E-state index < -0.39 is 23.7 Å². The Bertz CT molecular complexity index is 927. The van der Waals surface area contributed by atoms with Gasteiger partial charge in [0, 0.05) is 19.3 Å². The predicted octanol–water partition coefficient (Wildman–Crippen LogP) is 4.36. The van der Waals surface area contributed by atoms with Gasteiger partial charge in [0.05, 0.1) is 29.2 Å². The van der Waals surface area contributed by atoms with E-state index in [4.69, 9.17) is 16.3 Å². The zero-order chi connectivity index (χ0) is 21.9. The highest BCUT2D eigenvalue weighted by atomic mass is 35.5. The number of anilines is 1. The van der Waals surface area contributed by atoms with Crippen LogP contribution in [0.25, 0.3) is 0 Å². The number of rotatable bonds is 4. The summed E-state index contributed by atoms with van der Waals surface area (Å²) in [5.74, 6) is -0.699. The number of hydrogen-bond acceptors (Lipinski definition) is 6. The number of aromatic nitrogens is 1. The Hall–Kier alpha value is -2.81. The molecule has 0 aliphatic carbocycles. The number of benzene rings is 1. The molecular weight excluding hydrogens is 425 g/mol. The van der Waals surface area contributed by atoms with Crippen LogP contribution >= 0.6 is 11.6 Å². The number of esters is 2. The lowest BCUT2D eigenvalue weighted by molar-refractivity contribution is -0.140. The molecule has 160 valence electrons. The molecule has 0 unspecified atom stereocenters. The van der Waals surface area contributed by atoms with E-state index in [1.54, 1.807) is 4.90 Å². The quantitative estimate of drug-likeness (QED) is 0.517. The smallest absolute Gasteiger partial charge is 0.417 e. The van der Waals surface area contributed by atoms with Crippen LogP contribution in [0.1, 0.15) is 28.8 Å². The van der Waals surface area contributed by atoms with E-state index in [0.717, 1.165) is 12.3 Å². The first kappa shape index (κ1) is 21.9. The van der Waals surface area contributed by atoms with Crippen molar-refractivity contribution in [2.75, 3.05) is 25.1 Å². The first-order valence-electron chi connectivity index (χ1n) is 9.07. The average molecular weight is 443 g/mol. The first-order chi connectivity index (χ1) is 14.2. The Kier molecular flexibility index (Phi) is 6.50. The lowest BCUT2D eigenvalue weighted by atomic mass is 9.97. The largest absolute Gasteiger partial charge is 0.465 e. The number of pyridine rings is 1. The summed E-state index contributed by atoms with van der Waals surface area (Å²) >= 11 is 5.99. The minimum absolute atomic E-state index is 0.0865. The van der Waals surface area contributed by atoms with Crippen molar-refractivity contribution in [3.63, 3.8) is 0 Å². The predicted molar refractivity (Wildman–Crippen MR) is 103 cm³/mol. The average Bonchev–Trinajstić information content (AvgIpc) is 2.73. The van der Waals surface area contributed by atoms with Crippen molar-refractivity contribution in [3.05, 3.63) is 52.7 Å². The fraction of sp³-hybridized carbons (Fsp3) is 0.350. The van der Waals surface area contributed by atoms with Gasteiger partial charge in [-0.15, -0.1) is 0 Å². The van der Waals surface area contributed by atoms with Gasteiger partial charge in [-0.25, -0.2) is 9.78 Å². The van der Waals surface area contributed by atoms with E-state index in [1.807, 2.05) is 0 Å². The molecule has 10 heteroatoms. The number of carbonyl (C=O) groups is 2. The summed E-state index contributed by atoms with van der Waals surface area (Å²) in [6, 6.07) is 6.85. The van der Waals surface area contributed by atoms with E-state index in [0.29, 0.717) is 37.2 Å². The standard InChI is InChI=1S/C20H18ClF3N2O4/c1-29-18(27)12-2-4-15(5-3-12)30-19(28)13-6-8-26(9-7-13)17-16(21)10-14(11-25-17)20(22,23)24/h2-5,10-11,13H,6-9H2,1H3. The maximum atomic E-state index is 12.8.